The molecule has 116 valence electrons. The Balaban J connectivity index is 2.00. The molecule has 0 unspecified atom stereocenters. The second-order valence-corrected chi connectivity index (χ2v) is 4.95. The normalized spacial score (nSPS) is 14.0. The van der Waals surface area contributed by atoms with E-state index >= 15 is 0 Å². The molecule has 0 saturated carbocycles. The second-order valence-electron chi connectivity index (χ2n) is 4.54. The summed E-state index contributed by atoms with van der Waals surface area (Å²) in [7, 11) is 0. The van der Waals surface area contributed by atoms with Crippen LogP contribution >= 0.6 is 11.6 Å². The number of hydrogen-bond acceptors (Lipinski definition) is 6. The highest BCUT2D eigenvalue weighted by molar-refractivity contribution is 6.32. The zero-order chi connectivity index (χ0) is 16.3. The third-order valence-corrected chi connectivity index (χ3v) is 3.40. The van der Waals surface area contributed by atoms with Crippen molar-refractivity contribution in [1.82, 2.24) is 4.90 Å². The first-order valence-electron chi connectivity index (χ1n) is 6.34. The summed E-state index contributed by atoms with van der Waals surface area (Å²) in [4.78, 5) is 45.9. The van der Waals surface area contributed by atoms with Gasteiger partial charge in [0, 0.05) is 19.0 Å². The fourth-order valence-electron chi connectivity index (χ4n) is 1.98. The van der Waals surface area contributed by atoms with Gasteiger partial charge in [-0.2, -0.15) is 0 Å². The number of halogens is 1. The van der Waals surface area contributed by atoms with E-state index in [0.717, 1.165) is 11.0 Å². The monoisotopic (exact) mass is 326 g/mol. The molecule has 1 heterocycles. The van der Waals surface area contributed by atoms with Gasteiger partial charge in [0.1, 0.15) is 5.02 Å². The fourth-order valence-corrected chi connectivity index (χ4v) is 2.17. The molecule has 1 aromatic carbocycles. The van der Waals surface area contributed by atoms with Gasteiger partial charge < -0.3 is 4.74 Å². The molecule has 1 saturated heterocycles. The predicted molar refractivity (Wildman–Crippen MR) is 74.3 cm³/mol. The van der Waals surface area contributed by atoms with Gasteiger partial charge in [-0.1, -0.05) is 11.6 Å². The Morgan fingerprint density at radius 3 is 2.73 bits per heavy atom. The van der Waals surface area contributed by atoms with E-state index in [1.54, 1.807) is 0 Å². The van der Waals surface area contributed by atoms with E-state index in [1.165, 1.54) is 12.1 Å². The van der Waals surface area contributed by atoms with E-state index in [4.69, 9.17) is 16.3 Å². The Kier molecular flexibility index (Phi) is 4.71. The molecule has 2 amide bonds. The average molecular weight is 327 g/mol. The van der Waals surface area contributed by atoms with Gasteiger partial charge in [-0.3, -0.25) is 24.6 Å². The average Bonchev–Trinajstić information content (AvgIpc) is 2.90. The second kappa shape index (κ2) is 6.52. The minimum Gasteiger partial charge on any atom is -0.452 e. The van der Waals surface area contributed by atoms with Crippen LogP contribution in [0.5, 0.6) is 0 Å². The minimum atomic E-state index is -0.903. The number of nitro benzene ring substituents is 1. The van der Waals surface area contributed by atoms with Crippen LogP contribution in [-0.4, -0.2) is 40.8 Å². The summed E-state index contributed by atoms with van der Waals surface area (Å²) < 4.78 is 4.78. The van der Waals surface area contributed by atoms with Gasteiger partial charge in [0.15, 0.2) is 6.61 Å². The lowest BCUT2D eigenvalue weighted by molar-refractivity contribution is -0.384. The van der Waals surface area contributed by atoms with E-state index < -0.39 is 29.1 Å². The van der Waals surface area contributed by atoms with Crippen molar-refractivity contribution < 1.29 is 24.0 Å². The van der Waals surface area contributed by atoms with Gasteiger partial charge in [0.2, 0.25) is 5.91 Å². The van der Waals surface area contributed by atoms with Crippen molar-refractivity contribution in [3.63, 3.8) is 0 Å². The van der Waals surface area contributed by atoms with Crippen molar-refractivity contribution in [3.05, 3.63) is 38.9 Å². The van der Waals surface area contributed by atoms with Gasteiger partial charge in [-0.15, -0.1) is 0 Å². The van der Waals surface area contributed by atoms with Crippen molar-refractivity contribution in [2.24, 2.45) is 0 Å². The number of nitro groups is 1. The van der Waals surface area contributed by atoms with Crippen LogP contribution in [0.3, 0.4) is 0 Å². The first-order valence-corrected chi connectivity index (χ1v) is 6.72. The van der Waals surface area contributed by atoms with Crippen LogP contribution in [0, 0.1) is 10.1 Å². The van der Waals surface area contributed by atoms with Crippen molar-refractivity contribution in [2.75, 3.05) is 13.2 Å². The number of imide groups is 1. The molecule has 9 heteroatoms. The molecule has 0 N–H and O–H groups in total. The molecular weight excluding hydrogens is 316 g/mol. The number of rotatable bonds is 4. The Bertz CT molecular complexity index is 660. The Hall–Kier alpha value is -2.48. The smallest absolute Gasteiger partial charge is 0.338 e. The summed E-state index contributed by atoms with van der Waals surface area (Å²) in [5, 5.41) is 10.6. The third kappa shape index (κ3) is 3.40. The zero-order valence-corrected chi connectivity index (χ0v) is 12.0. The number of carbonyl (C=O) groups is 3. The molecule has 1 aromatic rings. The highest BCUT2D eigenvalue weighted by Gasteiger charge is 2.27. The van der Waals surface area contributed by atoms with Crippen LogP contribution in [0.2, 0.25) is 5.02 Å². The van der Waals surface area contributed by atoms with Crippen LogP contribution in [0.4, 0.5) is 5.69 Å². The number of ether oxygens (including phenoxy) is 1. The number of amides is 2. The predicted octanol–water partition coefficient (Wildman–Crippen LogP) is 1.55. The molecule has 0 aromatic heterocycles. The van der Waals surface area contributed by atoms with Gasteiger partial charge in [0.25, 0.3) is 11.6 Å². The summed E-state index contributed by atoms with van der Waals surface area (Å²) in [5.74, 6) is -1.82. The lowest BCUT2D eigenvalue weighted by Crippen LogP contribution is -2.35. The van der Waals surface area contributed by atoms with Gasteiger partial charge in [-0.05, 0) is 18.6 Å². The van der Waals surface area contributed by atoms with Crippen LogP contribution < -0.4 is 0 Å². The topological polar surface area (TPSA) is 107 Å². The molecule has 0 aliphatic carbocycles. The number of carbonyl (C=O) groups excluding carboxylic acids is 3. The molecule has 0 spiro atoms. The van der Waals surface area contributed by atoms with Gasteiger partial charge in [-0.25, -0.2) is 4.79 Å². The minimum absolute atomic E-state index is 0.100. The van der Waals surface area contributed by atoms with E-state index in [0.29, 0.717) is 19.4 Å². The highest BCUT2D eigenvalue weighted by atomic mass is 35.5. The number of benzene rings is 1. The Morgan fingerprint density at radius 1 is 1.41 bits per heavy atom. The lowest BCUT2D eigenvalue weighted by Gasteiger charge is -2.13. The molecule has 8 nitrogen and oxygen atoms in total. The molecule has 22 heavy (non-hydrogen) atoms. The van der Waals surface area contributed by atoms with E-state index in [-0.39, 0.29) is 16.5 Å². The summed E-state index contributed by atoms with van der Waals surface area (Å²) in [6.07, 6.45) is 0.880. The molecule has 1 aliphatic rings. The van der Waals surface area contributed by atoms with Crippen molar-refractivity contribution >= 4 is 35.1 Å². The molecule has 0 radical (unpaired) electrons. The van der Waals surface area contributed by atoms with Crippen molar-refractivity contribution in [2.45, 2.75) is 12.8 Å². The standard InChI is InChI=1S/C13H11ClN2O6/c14-9-4-3-8(6-10(9)16(20)21)13(19)22-7-12(18)15-5-1-2-11(15)17/h3-4,6H,1-2,5,7H2. The first-order chi connectivity index (χ1) is 10.4. The van der Waals surface area contributed by atoms with E-state index in [9.17, 15) is 24.5 Å². The van der Waals surface area contributed by atoms with Crippen LogP contribution in [0.1, 0.15) is 23.2 Å². The van der Waals surface area contributed by atoms with Gasteiger partial charge >= 0.3 is 5.97 Å². The van der Waals surface area contributed by atoms with Crippen LogP contribution in [0.15, 0.2) is 18.2 Å². The fraction of sp³-hybridized carbons (Fsp3) is 0.308. The Labute approximate surface area is 129 Å². The SMILES string of the molecule is O=C(OCC(=O)N1CCCC1=O)c1ccc(Cl)c([N+](=O)[O-])c1. The summed E-state index contributed by atoms with van der Waals surface area (Å²) in [6, 6.07) is 3.42. The number of nitrogens with zero attached hydrogens (tertiary/aromatic N) is 2. The molecule has 0 atom stereocenters. The maximum Gasteiger partial charge on any atom is 0.338 e. The number of esters is 1. The maximum absolute atomic E-state index is 11.8. The highest BCUT2D eigenvalue weighted by Crippen LogP contribution is 2.25. The number of likely N-dealkylation sites (tertiary alicyclic amines) is 1. The largest absolute Gasteiger partial charge is 0.452 e. The first kappa shape index (κ1) is 15.9. The van der Waals surface area contributed by atoms with Crippen LogP contribution in [-0.2, 0) is 14.3 Å². The van der Waals surface area contributed by atoms with Crippen LogP contribution in [0.25, 0.3) is 0 Å². The van der Waals surface area contributed by atoms with E-state index in [2.05, 4.69) is 0 Å². The molecule has 2 rings (SSSR count). The summed E-state index contributed by atoms with van der Waals surface area (Å²) in [5.41, 5.74) is -0.534. The van der Waals surface area contributed by atoms with E-state index in [1.807, 2.05) is 0 Å². The van der Waals surface area contributed by atoms with Crippen molar-refractivity contribution in [1.29, 1.82) is 0 Å². The lowest BCUT2D eigenvalue weighted by atomic mass is 10.2. The Morgan fingerprint density at radius 2 is 2.14 bits per heavy atom. The summed E-state index contributed by atoms with van der Waals surface area (Å²) in [6.45, 7) is -0.289. The third-order valence-electron chi connectivity index (χ3n) is 3.08. The quantitative estimate of drug-likeness (QED) is 0.472. The molecule has 1 aliphatic heterocycles. The molecular formula is C13H11ClN2O6. The summed E-state index contributed by atoms with van der Waals surface area (Å²) >= 11 is 5.63. The zero-order valence-electron chi connectivity index (χ0n) is 11.3. The molecule has 0 bridgehead atoms. The number of hydrogen-bond donors (Lipinski definition) is 0. The van der Waals surface area contributed by atoms with Crippen molar-refractivity contribution in [3.8, 4) is 0 Å². The molecule has 1 fully saturated rings. The van der Waals surface area contributed by atoms with Gasteiger partial charge in [0.05, 0.1) is 10.5 Å². The maximum atomic E-state index is 11.8.